The van der Waals surface area contributed by atoms with E-state index in [1.807, 2.05) is 36.4 Å². The number of hydrogen-bond donors (Lipinski definition) is 0. The van der Waals surface area contributed by atoms with E-state index in [9.17, 15) is 0 Å². The molecule has 0 N–H and O–H groups in total. The molecule has 0 saturated carbocycles. The third-order valence-electron chi connectivity index (χ3n) is 9.23. The highest BCUT2D eigenvalue weighted by Crippen LogP contribution is 2.37. The van der Waals surface area contributed by atoms with Gasteiger partial charge in [-0.05, 0) is 109 Å². The highest BCUT2D eigenvalue weighted by molar-refractivity contribution is 6.04. The van der Waals surface area contributed by atoms with Gasteiger partial charge in [0.2, 0.25) is 0 Å². The number of ether oxygens (including phenoxy) is 2. The summed E-state index contributed by atoms with van der Waals surface area (Å²) in [5, 5.41) is 0. The van der Waals surface area contributed by atoms with Crippen molar-refractivity contribution >= 4 is 47.6 Å². The smallest absolute Gasteiger partial charge is 0.119 e. The molecule has 0 bridgehead atoms. The number of rotatable bonds is 12. The first kappa shape index (κ1) is 35.5. The molecule has 54 heavy (non-hydrogen) atoms. The lowest BCUT2D eigenvalue weighted by Crippen LogP contribution is -1.97. The van der Waals surface area contributed by atoms with Crippen LogP contribution in [0, 0.1) is 0 Å². The maximum Gasteiger partial charge on any atom is 0.119 e. The fraction of sp³-hybridized carbons (Fsp3) is 0.0385. The van der Waals surface area contributed by atoms with Crippen LogP contribution in [0.15, 0.2) is 182 Å². The van der Waals surface area contributed by atoms with Crippen molar-refractivity contribution in [1.29, 1.82) is 0 Å². The van der Waals surface area contributed by atoms with Crippen molar-refractivity contribution in [3.8, 4) is 11.5 Å². The monoisotopic (exact) mass is 698 g/mol. The van der Waals surface area contributed by atoms with Crippen LogP contribution in [-0.2, 0) is 0 Å². The Kier molecular flexibility index (Phi) is 11.5. The molecule has 262 valence electrons. The van der Waals surface area contributed by atoms with E-state index in [0.717, 1.165) is 50.4 Å². The third-order valence-corrected chi connectivity index (χ3v) is 9.23. The minimum Gasteiger partial charge on any atom is -0.497 e. The van der Waals surface area contributed by atoms with E-state index in [2.05, 4.69) is 182 Å². The molecule has 0 spiro atoms. The van der Waals surface area contributed by atoms with E-state index in [4.69, 9.17) is 9.47 Å². The van der Waals surface area contributed by atoms with Gasteiger partial charge in [-0.2, -0.15) is 0 Å². The Bertz CT molecular complexity index is 2300. The topological polar surface area (TPSA) is 18.5 Å². The molecule has 0 heterocycles. The van der Waals surface area contributed by atoms with E-state index in [1.54, 1.807) is 14.2 Å². The van der Waals surface area contributed by atoms with Gasteiger partial charge in [-0.1, -0.05) is 176 Å². The second kappa shape index (κ2) is 17.5. The van der Waals surface area contributed by atoms with Crippen LogP contribution in [0.4, 0.5) is 0 Å². The van der Waals surface area contributed by atoms with Gasteiger partial charge in [0.05, 0.1) is 14.2 Å². The van der Waals surface area contributed by atoms with Gasteiger partial charge in [0.25, 0.3) is 0 Å². The zero-order valence-electron chi connectivity index (χ0n) is 30.6. The molecule has 0 atom stereocenters. The molecule has 0 radical (unpaired) electrons. The van der Waals surface area contributed by atoms with E-state index in [0.29, 0.717) is 0 Å². The summed E-state index contributed by atoms with van der Waals surface area (Å²) >= 11 is 0. The van der Waals surface area contributed by atoms with Gasteiger partial charge in [0.1, 0.15) is 11.5 Å². The third kappa shape index (κ3) is 9.11. The molecule has 0 aliphatic rings. The van der Waals surface area contributed by atoms with Crippen molar-refractivity contribution in [2.75, 3.05) is 14.2 Å². The SMILES string of the molecule is COc1cccc(/C=C/c2cc(/C=C/c3ccc(C(=C(c4ccccc4)c4ccccc4)c4ccccc4)cc3)cc(/C=C/c3cccc(OC)c3)c2)c1. The summed E-state index contributed by atoms with van der Waals surface area (Å²) in [7, 11) is 3.39. The molecule has 0 aromatic heterocycles. The van der Waals surface area contributed by atoms with Gasteiger partial charge in [-0.3, -0.25) is 0 Å². The predicted octanol–water partition coefficient (Wildman–Crippen LogP) is 13.2. The predicted molar refractivity (Wildman–Crippen MR) is 230 cm³/mol. The summed E-state index contributed by atoms with van der Waals surface area (Å²) in [6.07, 6.45) is 12.9. The summed E-state index contributed by atoms with van der Waals surface area (Å²) < 4.78 is 10.9. The zero-order chi connectivity index (χ0) is 37.0. The van der Waals surface area contributed by atoms with Gasteiger partial charge >= 0.3 is 0 Å². The first-order chi connectivity index (χ1) is 26.6. The fourth-order valence-corrected chi connectivity index (χ4v) is 6.54. The summed E-state index contributed by atoms with van der Waals surface area (Å²) in [5.74, 6) is 1.67. The lowest BCUT2D eigenvalue weighted by atomic mass is 9.85. The normalized spacial score (nSPS) is 11.3. The Morgan fingerprint density at radius 3 is 1.00 bits per heavy atom. The van der Waals surface area contributed by atoms with Crippen LogP contribution in [0.25, 0.3) is 47.6 Å². The maximum atomic E-state index is 5.44. The van der Waals surface area contributed by atoms with Crippen molar-refractivity contribution in [3.63, 3.8) is 0 Å². The summed E-state index contributed by atoms with van der Waals surface area (Å²) in [5.41, 5.74) is 13.7. The van der Waals surface area contributed by atoms with Crippen molar-refractivity contribution in [2.45, 2.75) is 0 Å². The molecular formula is C52H42O2. The average molecular weight is 699 g/mol. The zero-order valence-corrected chi connectivity index (χ0v) is 30.6. The van der Waals surface area contributed by atoms with E-state index in [1.165, 1.54) is 27.8 Å². The van der Waals surface area contributed by atoms with Crippen LogP contribution in [0.3, 0.4) is 0 Å². The van der Waals surface area contributed by atoms with Gasteiger partial charge in [0, 0.05) is 0 Å². The first-order valence-corrected chi connectivity index (χ1v) is 18.1. The van der Waals surface area contributed by atoms with Crippen LogP contribution in [0.1, 0.15) is 55.6 Å². The van der Waals surface area contributed by atoms with Crippen LogP contribution >= 0.6 is 0 Å². The Hall–Kier alpha value is -6.90. The molecule has 0 fully saturated rings. The second-order valence-electron chi connectivity index (χ2n) is 13.0. The molecule has 2 nitrogen and oxygen atoms in total. The lowest BCUT2D eigenvalue weighted by Gasteiger charge is -2.18. The highest BCUT2D eigenvalue weighted by atomic mass is 16.5. The molecule has 7 aromatic carbocycles. The lowest BCUT2D eigenvalue weighted by molar-refractivity contribution is 0.414. The standard InChI is InChI=1S/C52H42O2/c1-53-49-22-12-14-40(37-49)25-28-43-34-42(35-44(36-43)29-26-41-15-13-23-50(38-41)54-2)27-24-39-30-32-48(33-31-39)52(47-20-10-5-11-21-47)51(45-16-6-3-7-17-45)46-18-8-4-9-19-46/h3-38H,1-2H3/b27-24+,28-25+,29-26+. The van der Waals surface area contributed by atoms with Gasteiger partial charge in [-0.25, -0.2) is 0 Å². The number of benzene rings is 7. The summed E-state index contributed by atoms with van der Waals surface area (Å²) in [4.78, 5) is 0. The highest BCUT2D eigenvalue weighted by Gasteiger charge is 2.16. The van der Waals surface area contributed by atoms with E-state index >= 15 is 0 Å². The molecular weight excluding hydrogens is 657 g/mol. The molecule has 0 aliphatic carbocycles. The maximum absolute atomic E-state index is 5.44. The quantitative estimate of drug-likeness (QED) is 0.118. The second-order valence-corrected chi connectivity index (χ2v) is 13.0. The van der Waals surface area contributed by atoms with Gasteiger partial charge in [0.15, 0.2) is 0 Å². The molecule has 7 aromatic rings. The molecule has 0 unspecified atom stereocenters. The van der Waals surface area contributed by atoms with E-state index < -0.39 is 0 Å². The van der Waals surface area contributed by atoms with E-state index in [-0.39, 0.29) is 0 Å². The average Bonchev–Trinajstić information content (AvgIpc) is 3.24. The Morgan fingerprint density at radius 1 is 0.296 bits per heavy atom. The Morgan fingerprint density at radius 2 is 0.630 bits per heavy atom. The fourth-order valence-electron chi connectivity index (χ4n) is 6.54. The number of methoxy groups -OCH3 is 2. The summed E-state index contributed by atoms with van der Waals surface area (Å²) in [6, 6.07) is 63.8. The Balaban J connectivity index is 1.24. The molecule has 0 saturated heterocycles. The van der Waals surface area contributed by atoms with Crippen LogP contribution < -0.4 is 9.47 Å². The van der Waals surface area contributed by atoms with Gasteiger partial charge in [-0.15, -0.1) is 0 Å². The minimum absolute atomic E-state index is 0.837. The molecule has 0 aliphatic heterocycles. The van der Waals surface area contributed by atoms with Crippen molar-refractivity contribution < 1.29 is 9.47 Å². The van der Waals surface area contributed by atoms with Crippen molar-refractivity contribution in [2.24, 2.45) is 0 Å². The summed E-state index contributed by atoms with van der Waals surface area (Å²) in [6.45, 7) is 0. The Labute approximate surface area is 319 Å². The van der Waals surface area contributed by atoms with Crippen LogP contribution in [0.5, 0.6) is 11.5 Å². The largest absolute Gasteiger partial charge is 0.497 e. The first-order valence-electron chi connectivity index (χ1n) is 18.1. The molecule has 2 heteroatoms. The number of hydrogen-bond acceptors (Lipinski definition) is 2. The molecule has 7 rings (SSSR count). The van der Waals surface area contributed by atoms with Crippen LogP contribution in [0.2, 0.25) is 0 Å². The van der Waals surface area contributed by atoms with Crippen molar-refractivity contribution in [1.82, 2.24) is 0 Å². The van der Waals surface area contributed by atoms with Crippen LogP contribution in [-0.4, -0.2) is 14.2 Å². The van der Waals surface area contributed by atoms with Crippen molar-refractivity contribution in [3.05, 3.63) is 238 Å². The van der Waals surface area contributed by atoms with Gasteiger partial charge < -0.3 is 9.47 Å². The molecule has 0 amide bonds. The minimum atomic E-state index is 0.837.